The molecule has 4 heteroatoms. The predicted molar refractivity (Wildman–Crippen MR) is 198 cm³/mol. The molecule has 3 atom stereocenters. The van der Waals surface area contributed by atoms with Gasteiger partial charge in [-0.2, -0.15) is 0 Å². The number of hydrogen-bond acceptors (Lipinski definition) is 2. The van der Waals surface area contributed by atoms with Crippen molar-refractivity contribution in [2.75, 3.05) is 0 Å². The summed E-state index contributed by atoms with van der Waals surface area (Å²) in [7, 11) is 0. The van der Waals surface area contributed by atoms with Crippen molar-refractivity contribution in [3.63, 3.8) is 0 Å². The van der Waals surface area contributed by atoms with E-state index in [2.05, 4.69) is 134 Å². The smallest absolute Gasteiger partial charge is 0.329 e. The van der Waals surface area contributed by atoms with Crippen molar-refractivity contribution < 1.29 is 9.15 Å². The van der Waals surface area contributed by atoms with Crippen molar-refractivity contribution >= 4 is 50.6 Å². The zero-order chi connectivity index (χ0) is 31.9. The number of nitrogens with zero attached hydrogens (tertiary/aromatic N) is 1. The van der Waals surface area contributed by atoms with Crippen LogP contribution in [0.3, 0.4) is 0 Å². The zero-order valence-corrected chi connectivity index (χ0v) is 27.2. The molecule has 2 aliphatic carbocycles. The highest BCUT2D eigenvalue weighted by atomic mass is 16.5. The molecule has 3 aliphatic heterocycles. The van der Waals surface area contributed by atoms with E-state index in [1.807, 2.05) is 0 Å². The first kappa shape index (κ1) is 25.5. The largest absolute Gasteiger partial charge is 0.489 e. The number of furan rings is 1. The fourth-order valence-corrected chi connectivity index (χ4v) is 11.2. The molecular formula is C45H30BNO2. The van der Waals surface area contributed by atoms with Crippen molar-refractivity contribution in [3.8, 4) is 28.1 Å². The summed E-state index contributed by atoms with van der Waals surface area (Å²) < 4.78 is 16.6. The third-order valence-electron chi connectivity index (χ3n) is 12.9. The molecule has 49 heavy (non-hydrogen) atoms. The quantitative estimate of drug-likeness (QED) is 0.157. The Morgan fingerprint density at radius 3 is 2.45 bits per heavy atom. The van der Waals surface area contributed by atoms with Crippen molar-refractivity contribution in [1.29, 1.82) is 0 Å². The van der Waals surface area contributed by atoms with E-state index < -0.39 is 0 Å². The second kappa shape index (κ2) is 8.21. The molecule has 5 heterocycles. The molecule has 3 nitrogen and oxygen atoms in total. The lowest BCUT2D eigenvalue weighted by Crippen LogP contribution is -2.58. The van der Waals surface area contributed by atoms with Gasteiger partial charge in [0.05, 0.1) is 0 Å². The van der Waals surface area contributed by atoms with Crippen LogP contribution in [0, 0.1) is 0 Å². The van der Waals surface area contributed by atoms with Gasteiger partial charge in [0.15, 0.2) is 0 Å². The van der Waals surface area contributed by atoms with Gasteiger partial charge in [0.25, 0.3) is 0 Å². The first-order valence-electron chi connectivity index (χ1n) is 17.7. The van der Waals surface area contributed by atoms with Crippen molar-refractivity contribution in [2.45, 2.75) is 43.6 Å². The Hall–Kier alpha value is -5.48. The van der Waals surface area contributed by atoms with Gasteiger partial charge in [0.2, 0.25) is 0 Å². The lowest BCUT2D eigenvalue weighted by molar-refractivity contribution is 0.191. The molecule has 0 amide bonds. The average molecular weight is 628 g/mol. The van der Waals surface area contributed by atoms with Gasteiger partial charge in [-0.15, -0.1) is 0 Å². The Kier molecular flexibility index (Phi) is 4.28. The summed E-state index contributed by atoms with van der Waals surface area (Å²) in [6, 6.07) is 43.1. The maximum Gasteiger partial charge on any atom is 0.329 e. The Morgan fingerprint density at radius 1 is 0.714 bits per heavy atom. The molecular weight excluding hydrogens is 597 g/mol. The maximum absolute atomic E-state index is 6.98. The molecule has 0 N–H and O–H groups in total. The van der Waals surface area contributed by atoms with E-state index >= 15 is 0 Å². The van der Waals surface area contributed by atoms with Gasteiger partial charge < -0.3 is 13.6 Å². The first-order valence-corrected chi connectivity index (χ1v) is 17.7. The van der Waals surface area contributed by atoms with Crippen LogP contribution >= 0.6 is 0 Å². The average Bonchev–Trinajstić information content (AvgIpc) is 3.86. The summed E-state index contributed by atoms with van der Waals surface area (Å²) in [5.41, 5.74) is 20.0. The molecule has 5 aliphatic rings. The third-order valence-corrected chi connectivity index (χ3v) is 12.9. The topological polar surface area (TPSA) is 27.3 Å². The summed E-state index contributed by atoms with van der Waals surface area (Å²) in [5, 5.41) is 3.79. The van der Waals surface area contributed by atoms with Gasteiger partial charge in [-0.3, -0.25) is 0 Å². The minimum atomic E-state index is -0.108. The van der Waals surface area contributed by atoms with Gasteiger partial charge in [-0.25, -0.2) is 0 Å². The molecule has 0 bridgehead atoms. The van der Waals surface area contributed by atoms with Crippen LogP contribution in [0.2, 0.25) is 0 Å². The highest BCUT2D eigenvalue weighted by Crippen LogP contribution is 2.58. The standard InChI is InChI=1S/C45H30BNO2/c1-45(2)32-17-6-3-12-25(32)43-40(45)28-16-9-14-24-29-21-30-23-11-4-7-19-34(23)49-44(30)39-31-22-36-38(26-13-5-8-20-35(26)48-36)27-15-10-18-33(37(27)31)46(41(29)39)47(43)42(24)28/h3-21,31,36,38H,22H2,1-2H3. The van der Waals surface area contributed by atoms with Crippen LogP contribution in [0.4, 0.5) is 0 Å². The van der Waals surface area contributed by atoms with Crippen molar-refractivity contribution in [2.24, 2.45) is 0 Å². The molecule has 0 spiro atoms. The Labute approximate surface area is 283 Å². The SMILES string of the molecule is CC1(C)c2ccccc2-c2c1c1cccc3c1n2B1c2cccc4c2C(CC2Oc5ccccc5C42)c2c1c-3cc1c2oc2ccccc21. The summed E-state index contributed by atoms with van der Waals surface area (Å²) in [4.78, 5) is 0. The van der Waals surface area contributed by atoms with Crippen molar-refractivity contribution in [1.82, 2.24) is 4.48 Å². The van der Waals surface area contributed by atoms with E-state index in [9.17, 15) is 0 Å². The Bertz CT molecular complexity index is 2850. The molecule has 2 aromatic heterocycles. The van der Waals surface area contributed by atoms with Crippen LogP contribution in [0.25, 0.3) is 55.2 Å². The van der Waals surface area contributed by atoms with Gasteiger partial charge in [0.1, 0.15) is 23.0 Å². The number of benzene rings is 6. The van der Waals surface area contributed by atoms with E-state index in [1.165, 1.54) is 88.4 Å². The van der Waals surface area contributed by atoms with Crippen LogP contribution in [0.5, 0.6) is 5.75 Å². The molecule has 0 fully saturated rings. The minimum absolute atomic E-state index is 0.0334. The number of rotatable bonds is 0. The van der Waals surface area contributed by atoms with Crippen LogP contribution in [-0.4, -0.2) is 17.4 Å². The zero-order valence-electron chi connectivity index (χ0n) is 27.2. The lowest BCUT2D eigenvalue weighted by Gasteiger charge is -2.43. The first-order chi connectivity index (χ1) is 24.1. The number of fused-ring (bicyclic) bond motifs is 17. The van der Waals surface area contributed by atoms with E-state index in [1.54, 1.807) is 0 Å². The molecule has 6 aromatic carbocycles. The summed E-state index contributed by atoms with van der Waals surface area (Å²) >= 11 is 0. The summed E-state index contributed by atoms with van der Waals surface area (Å²) in [5.74, 6) is 1.43. The van der Waals surface area contributed by atoms with Crippen molar-refractivity contribution in [3.05, 3.63) is 149 Å². The Morgan fingerprint density at radius 2 is 1.49 bits per heavy atom. The highest BCUT2D eigenvalue weighted by Gasteiger charge is 2.53. The van der Waals surface area contributed by atoms with Crippen LogP contribution in [0.15, 0.2) is 120 Å². The van der Waals surface area contributed by atoms with Gasteiger partial charge in [0, 0.05) is 66.9 Å². The number of ether oxygens (including phenoxy) is 1. The molecule has 230 valence electrons. The number of para-hydroxylation sites is 3. The monoisotopic (exact) mass is 627 g/mol. The van der Waals surface area contributed by atoms with E-state index in [0.717, 1.165) is 23.3 Å². The molecule has 0 saturated carbocycles. The number of aromatic nitrogens is 1. The van der Waals surface area contributed by atoms with E-state index in [4.69, 9.17) is 9.15 Å². The molecule has 0 radical (unpaired) electrons. The van der Waals surface area contributed by atoms with Gasteiger partial charge >= 0.3 is 6.85 Å². The molecule has 3 unspecified atom stereocenters. The molecule has 0 saturated heterocycles. The molecule has 8 aromatic rings. The second-order valence-electron chi connectivity index (χ2n) is 15.4. The van der Waals surface area contributed by atoms with Crippen LogP contribution in [-0.2, 0) is 5.41 Å². The normalized spacial score (nSPS) is 20.9. The van der Waals surface area contributed by atoms with E-state index in [0.29, 0.717) is 0 Å². The summed E-state index contributed by atoms with van der Waals surface area (Å²) in [6.45, 7) is 4.87. The second-order valence-corrected chi connectivity index (χ2v) is 15.4. The Balaban J connectivity index is 1.23. The van der Waals surface area contributed by atoms with Gasteiger partial charge in [-0.1, -0.05) is 111 Å². The predicted octanol–water partition coefficient (Wildman–Crippen LogP) is 9.22. The van der Waals surface area contributed by atoms with Crippen LogP contribution < -0.4 is 15.7 Å². The lowest BCUT2D eigenvalue weighted by atomic mass is 9.40. The van der Waals surface area contributed by atoms with Gasteiger partial charge in [-0.05, 0) is 63.4 Å². The third kappa shape index (κ3) is 2.74. The minimum Gasteiger partial charge on any atom is -0.489 e. The fourth-order valence-electron chi connectivity index (χ4n) is 11.2. The highest BCUT2D eigenvalue weighted by molar-refractivity contribution is 6.88. The van der Waals surface area contributed by atoms with Crippen LogP contribution in [0.1, 0.15) is 65.5 Å². The number of hydrogen-bond donors (Lipinski definition) is 0. The fraction of sp³-hybridized carbons (Fsp3) is 0.156. The van der Waals surface area contributed by atoms with E-state index in [-0.39, 0.29) is 30.2 Å². The molecule has 13 rings (SSSR count). The summed E-state index contributed by atoms with van der Waals surface area (Å²) in [6.07, 6.45) is 1.01. The maximum atomic E-state index is 6.98.